The summed E-state index contributed by atoms with van der Waals surface area (Å²) in [5.41, 5.74) is 1.64. The van der Waals surface area contributed by atoms with Crippen LogP contribution in [0.4, 0.5) is 5.69 Å². The van der Waals surface area contributed by atoms with Gasteiger partial charge in [0.05, 0.1) is 4.92 Å². The van der Waals surface area contributed by atoms with E-state index in [9.17, 15) is 10.1 Å². The molecule has 0 spiro atoms. The molecule has 0 radical (unpaired) electrons. The summed E-state index contributed by atoms with van der Waals surface area (Å²) in [5, 5.41) is 10.8. The van der Waals surface area contributed by atoms with Gasteiger partial charge in [-0.05, 0) is 48.7 Å². The molecule has 0 aliphatic carbocycles. The molecule has 0 amide bonds. The van der Waals surface area contributed by atoms with Crippen molar-refractivity contribution in [3.63, 3.8) is 0 Å². The zero-order valence-electron chi connectivity index (χ0n) is 10.3. The van der Waals surface area contributed by atoms with Gasteiger partial charge in [-0.1, -0.05) is 6.07 Å². The number of rotatable bonds is 3. The van der Waals surface area contributed by atoms with Gasteiger partial charge in [-0.15, -0.1) is 0 Å². The van der Waals surface area contributed by atoms with Gasteiger partial charge in [-0.3, -0.25) is 10.1 Å². The van der Waals surface area contributed by atoms with Crippen LogP contribution in [0.15, 0.2) is 24.4 Å². The Balaban J connectivity index is 2.42. The maximum Gasteiger partial charge on any atom is 0.349 e. The van der Waals surface area contributed by atoms with Gasteiger partial charge in [-0.25, -0.2) is 4.98 Å². The Hall–Kier alpha value is -2.21. The second kappa shape index (κ2) is 5.19. The summed E-state index contributed by atoms with van der Waals surface area (Å²) in [7, 11) is 0. The summed E-state index contributed by atoms with van der Waals surface area (Å²) < 4.78 is 5.44. The minimum atomic E-state index is -0.617. The third-order valence-corrected chi connectivity index (χ3v) is 2.49. The summed E-state index contributed by atoms with van der Waals surface area (Å²) >= 11 is 5.63. The summed E-state index contributed by atoms with van der Waals surface area (Å²) in [6.45, 7) is 3.81. The van der Waals surface area contributed by atoms with Crippen LogP contribution in [-0.2, 0) is 0 Å². The molecule has 1 aromatic heterocycles. The van der Waals surface area contributed by atoms with Crippen molar-refractivity contribution >= 4 is 17.3 Å². The van der Waals surface area contributed by atoms with Gasteiger partial charge in [0, 0.05) is 0 Å². The van der Waals surface area contributed by atoms with Crippen LogP contribution >= 0.6 is 11.6 Å². The lowest BCUT2D eigenvalue weighted by Crippen LogP contribution is -1.98. The standard InChI is InChI=1S/C12H10ClN3O3/c1-7-3-8(2)5-9(4-7)19-11-10(16(17)18)6-14-12(13)15-11/h3-6H,1-2H3. The van der Waals surface area contributed by atoms with E-state index in [4.69, 9.17) is 16.3 Å². The summed E-state index contributed by atoms with van der Waals surface area (Å²) in [6, 6.07) is 5.48. The molecule has 0 aliphatic rings. The first-order chi connectivity index (χ1) is 8.95. The number of aryl methyl sites for hydroxylation is 2. The lowest BCUT2D eigenvalue weighted by atomic mass is 10.1. The maximum absolute atomic E-state index is 10.9. The normalized spacial score (nSPS) is 10.3. The number of benzene rings is 1. The van der Waals surface area contributed by atoms with E-state index in [2.05, 4.69) is 9.97 Å². The molecule has 7 heteroatoms. The first kappa shape index (κ1) is 13.2. The molecule has 0 N–H and O–H groups in total. The molecule has 0 bridgehead atoms. The highest BCUT2D eigenvalue weighted by Gasteiger charge is 2.19. The average Bonchev–Trinajstić information content (AvgIpc) is 2.26. The molecule has 19 heavy (non-hydrogen) atoms. The van der Waals surface area contributed by atoms with E-state index in [1.807, 2.05) is 19.9 Å². The van der Waals surface area contributed by atoms with Crippen molar-refractivity contribution in [1.29, 1.82) is 0 Å². The van der Waals surface area contributed by atoms with Gasteiger partial charge >= 0.3 is 11.6 Å². The number of hydrogen-bond donors (Lipinski definition) is 0. The quantitative estimate of drug-likeness (QED) is 0.488. The van der Waals surface area contributed by atoms with E-state index in [0.717, 1.165) is 17.3 Å². The molecule has 2 rings (SSSR count). The number of aromatic nitrogens is 2. The van der Waals surface area contributed by atoms with Crippen molar-refractivity contribution in [2.45, 2.75) is 13.8 Å². The molecule has 0 fully saturated rings. The van der Waals surface area contributed by atoms with Crippen LogP contribution in [0.1, 0.15) is 11.1 Å². The smallest absolute Gasteiger partial charge is 0.349 e. The summed E-state index contributed by atoms with van der Waals surface area (Å²) in [5.74, 6) is 0.297. The molecule has 98 valence electrons. The van der Waals surface area contributed by atoms with E-state index in [1.54, 1.807) is 12.1 Å². The van der Waals surface area contributed by atoms with Crippen molar-refractivity contribution in [3.8, 4) is 11.6 Å². The maximum atomic E-state index is 10.9. The molecular weight excluding hydrogens is 270 g/mol. The fourth-order valence-electron chi connectivity index (χ4n) is 1.64. The Kier molecular flexibility index (Phi) is 3.62. The summed E-state index contributed by atoms with van der Waals surface area (Å²) in [4.78, 5) is 17.6. The van der Waals surface area contributed by atoms with Gasteiger partial charge < -0.3 is 4.74 Å². The molecule has 0 aliphatic heterocycles. The van der Waals surface area contributed by atoms with Crippen molar-refractivity contribution in [2.24, 2.45) is 0 Å². The van der Waals surface area contributed by atoms with Crippen molar-refractivity contribution in [3.05, 3.63) is 50.9 Å². The summed E-state index contributed by atoms with van der Waals surface area (Å²) in [6.07, 6.45) is 1.02. The van der Waals surface area contributed by atoms with Gasteiger partial charge in [0.25, 0.3) is 0 Å². The number of nitro groups is 1. The molecule has 0 saturated carbocycles. The van der Waals surface area contributed by atoms with E-state index in [1.165, 1.54) is 0 Å². The molecule has 0 unspecified atom stereocenters. The molecule has 0 atom stereocenters. The van der Waals surface area contributed by atoms with Crippen LogP contribution in [0.2, 0.25) is 5.28 Å². The van der Waals surface area contributed by atoms with Gasteiger partial charge in [0.15, 0.2) is 0 Å². The predicted molar refractivity (Wildman–Crippen MR) is 69.7 cm³/mol. The highest BCUT2D eigenvalue weighted by Crippen LogP contribution is 2.30. The lowest BCUT2D eigenvalue weighted by Gasteiger charge is -2.07. The van der Waals surface area contributed by atoms with E-state index in [0.29, 0.717) is 5.75 Å². The molecule has 0 saturated heterocycles. The van der Waals surface area contributed by atoms with Gasteiger partial charge in [-0.2, -0.15) is 4.98 Å². The Morgan fingerprint density at radius 3 is 2.47 bits per heavy atom. The molecular formula is C12H10ClN3O3. The second-order valence-corrected chi connectivity index (χ2v) is 4.35. The van der Waals surface area contributed by atoms with E-state index < -0.39 is 4.92 Å². The number of hydrogen-bond acceptors (Lipinski definition) is 5. The third-order valence-electron chi connectivity index (χ3n) is 2.31. The number of ether oxygens (including phenoxy) is 1. The van der Waals surface area contributed by atoms with Crippen LogP contribution in [0.3, 0.4) is 0 Å². The van der Waals surface area contributed by atoms with E-state index in [-0.39, 0.29) is 16.9 Å². The Morgan fingerprint density at radius 2 is 1.89 bits per heavy atom. The minimum absolute atomic E-state index is 0.107. The number of halogens is 1. The third kappa shape index (κ3) is 3.17. The van der Waals surface area contributed by atoms with Crippen molar-refractivity contribution in [2.75, 3.05) is 0 Å². The zero-order chi connectivity index (χ0) is 14.0. The van der Waals surface area contributed by atoms with Crippen molar-refractivity contribution in [1.82, 2.24) is 9.97 Å². The average molecular weight is 280 g/mol. The zero-order valence-corrected chi connectivity index (χ0v) is 11.0. The fourth-order valence-corrected chi connectivity index (χ4v) is 1.77. The Morgan fingerprint density at radius 1 is 1.26 bits per heavy atom. The van der Waals surface area contributed by atoms with Crippen LogP contribution < -0.4 is 4.74 Å². The topological polar surface area (TPSA) is 78.2 Å². The highest BCUT2D eigenvalue weighted by molar-refractivity contribution is 6.28. The monoisotopic (exact) mass is 279 g/mol. The first-order valence-corrected chi connectivity index (χ1v) is 5.76. The SMILES string of the molecule is Cc1cc(C)cc(Oc2nc(Cl)ncc2[N+](=O)[O-])c1. The van der Waals surface area contributed by atoms with E-state index >= 15 is 0 Å². The van der Waals surface area contributed by atoms with Crippen LogP contribution in [-0.4, -0.2) is 14.9 Å². The largest absolute Gasteiger partial charge is 0.434 e. The molecule has 2 aromatic rings. The highest BCUT2D eigenvalue weighted by atomic mass is 35.5. The lowest BCUT2D eigenvalue weighted by molar-refractivity contribution is -0.386. The molecule has 1 heterocycles. The van der Waals surface area contributed by atoms with Crippen LogP contribution in [0.5, 0.6) is 11.6 Å². The van der Waals surface area contributed by atoms with Crippen LogP contribution in [0.25, 0.3) is 0 Å². The molecule has 1 aromatic carbocycles. The first-order valence-electron chi connectivity index (χ1n) is 5.39. The fraction of sp³-hybridized carbons (Fsp3) is 0.167. The Bertz CT molecular complexity index is 626. The Labute approximate surface area is 114 Å². The van der Waals surface area contributed by atoms with Crippen molar-refractivity contribution < 1.29 is 9.66 Å². The van der Waals surface area contributed by atoms with Gasteiger partial charge in [0.1, 0.15) is 11.9 Å². The second-order valence-electron chi connectivity index (χ2n) is 4.01. The van der Waals surface area contributed by atoms with Crippen LogP contribution in [0, 0.1) is 24.0 Å². The van der Waals surface area contributed by atoms with Gasteiger partial charge in [0.2, 0.25) is 5.28 Å². The molecule has 6 nitrogen and oxygen atoms in total. The number of nitrogens with zero attached hydrogens (tertiary/aromatic N) is 3. The predicted octanol–water partition coefficient (Wildman–Crippen LogP) is 3.45. The minimum Gasteiger partial charge on any atom is -0.434 e.